The highest BCUT2D eigenvalue weighted by molar-refractivity contribution is 7.09. The van der Waals surface area contributed by atoms with Gasteiger partial charge in [-0.3, -0.25) is 9.59 Å². The Labute approximate surface area is 141 Å². The zero-order chi connectivity index (χ0) is 16.8. The van der Waals surface area contributed by atoms with Crippen molar-refractivity contribution >= 4 is 23.2 Å². The van der Waals surface area contributed by atoms with Crippen LogP contribution in [-0.4, -0.2) is 40.8 Å². The zero-order valence-corrected chi connectivity index (χ0v) is 14.7. The highest BCUT2D eigenvalue weighted by atomic mass is 32.1. The number of nitrogens with two attached hydrogens (primary N) is 1. The number of amides is 2. The van der Waals surface area contributed by atoms with Crippen molar-refractivity contribution in [2.75, 3.05) is 13.1 Å². The van der Waals surface area contributed by atoms with Crippen LogP contribution >= 0.6 is 11.3 Å². The summed E-state index contributed by atoms with van der Waals surface area (Å²) in [4.78, 5) is 30.9. The predicted molar refractivity (Wildman–Crippen MR) is 91.1 cm³/mol. The quantitative estimate of drug-likeness (QED) is 0.827. The van der Waals surface area contributed by atoms with E-state index in [0.717, 1.165) is 30.7 Å². The number of thiazole rings is 1. The fourth-order valence-electron chi connectivity index (χ4n) is 2.91. The van der Waals surface area contributed by atoms with Gasteiger partial charge in [0, 0.05) is 31.1 Å². The number of likely N-dealkylation sites (tertiary alicyclic amines) is 1. The molecular weight excluding hydrogens is 312 g/mol. The van der Waals surface area contributed by atoms with Crippen LogP contribution in [0.15, 0.2) is 5.38 Å². The number of carbonyl (C=O) groups excluding carboxylic acids is 2. The molecule has 1 aliphatic heterocycles. The molecule has 2 rings (SSSR count). The van der Waals surface area contributed by atoms with Crippen LogP contribution < -0.4 is 11.1 Å². The molecule has 2 amide bonds. The lowest BCUT2D eigenvalue weighted by Crippen LogP contribution is -2.47. The van der Waals surface area contributed by atoms with Crippen molar-refractivity contribution in [2.45, 2.75) is 52.1 Å². The van der Waals surface area contributed by atoms with Crippen LogP contribution in [0.3, 0.4) is 0 Å². The third-order valence-corrected chi connectivity index (χ3v) is 5.01. The fourth-order valence-corrected chi connectivity index (χ4v) is 3.55. The van der Waals surface area contributed by atoms with Gasteiger partial charge in [-0.15, -0.1) is 11.3 Å². The number of carbonyl (C=O) groups is 2. The van der Waals surface area contributed by atoms with Crippen molar-refractivity contribution < 1.29 is 9.59 Å². The third kappa shape index (κ3) is 4.75. The van der Waals surface area contributed by atoms with E-state index in [0.29, 0.717) is 25.3 Å². The minimum atomic E-state index is -0.125. The lowest BCUT2D eigenvalue weighted by atomic mass is 9.96. The summed E-state index contributed by atoms with van der Waals surface area (Å²) in [6.45, 7) is 5.63. The maximum absolute atomic E-state index is 12.5. The van der Waals surface area contributed by atoms with E-state index in [1.165, 1.54) is 11.3 Å². The largest absolute Gasteiger partial charge is 0.353 e. The normalized spacial score (nSPS) is 19.4. The van der Waals surface area contributed by atoms with Gasteiger partial charge in [0.1, 0.15) is 10.7 Å². The van der Waals surface area contributed by atoms with E-state index in [4.69, 9.17) is 5.73 Å². The van der Waals surface area contributed by atoms with Gasteiger partial charge in [0.2, 0.25) is 5.91 Å². The van der Waals surface area contributed by atoms with Crippen molar-refractivity contribution in [1.29, 1.82) is 0 Å². The molecule has 0 radical (unpaired) electrons. The van der Waals surface area contributed by atoms with Crippen LogP contribution in [0.4, 0.5) is 0 Å². The first-order chi connectivity index (χ1) is 11.0. The second-order valence-corrected chi connectivity index (χ2v) is 7.06. The van der Waals surface area contributed by atoms with Gasteiger partial charge < -0.3 is 16.0 Å². The van der Waals surface area contributed by atoms with Gasteiger partial charge in [-0.05, 0) is 26.2 Å². The monoisotopic (exact) mass is 338 g/mol. The molecule has 3 N–H and O–H groups in total. The molecule has 1 fully saturated rings. The molecule has 0 aliphatic carbocycles. The van der Waals surface area contributed by atoms with E-state index < -0.39 is 0 Å². The maximum atomic E-state index is 12.5. The van der Waals surface area contributed by atoms with Crippen LogP contribution in [0.2, 0.25) is 0 Å². The molecular formula is C16H26N4O2S. The molecule has 0 saturated carbocycles. The molecule has 2 heterocycles. The minimum Gasteiger partial charge on any atom is -0.353 e. The summed E-state index contributed by atoms with van der Waals surface area (Å²) >= 11 is 1.40. The molecule has 6 nitrogen and oxygen atoms in total. The van der Waals surface area contributed by atoms with Gasteiger partial charge in [-0.25, -0.2) is 4.98 Å². The van der Waals surface area contributed by atoms with Crippen LogP contribution in [0.5, 0.6) is 0 Å². The number of nitrogens with zero attached hydrogens (tertiary/aromatic N) is 2. The fraction of sp³-hybridized carbons (Fsp3) is 0.688. The molecule has 2 unspecified atom stereocenters. The van der Waals surface area contributed by atoms with Gasteiger partial charge in [0.25, 0.3) is 5.91 Å². The summed E-state index contributed by atoms with van der Waals surface area (Å²) in [7, 11) is 0. The van der Waals surface area contributed by atoms with Crippen molar-refractivity contribution in [3.63, 3.8) is 0 Å². The summed E-state index contributed by atoms with van der Waals surface area (Å²) < 4.78 is 0. The maximum Gasteiger partial charge on any atom is 0.273 e. The molecule has 128 valence electrons. The molecule has 23 heavy (non-hydrogen) atoms. The Morgan fingerprint density at radius 1 is 1.57 bits per heavy atom. The molecule has 1 aromatic heterocycles. The Balaban J connectivity index is 1.94. The van der Waals surface area contributed by atoms with Gasteiger partial charge >= 0.3 is 0 Å². The second-order valence-electron chi connectivity index (χ2n) is 6.12. The predicted octanol–water partition coefficient (Wildman–Crippen LogP) is 1.76. The third-order valence-electron chi connectivity index (χ3n) is 4.14. The molecule has 1 aromatic rings. The Kier molecular flexibility index (Phi) is 6.53. The first-order valence-electron chi connectivity index (χ1n) is 8.29. The average Bonchev–Trinajstić information content (AvgIpc) is 3.03. The average molecular weight is 338 g/mol. The summed E-state index contributed by atoms with van der Waals surface area (Å²) in [6.07, 6.45) is 3.70. The van der Waals surface area contributed by atoms with Crippen LogP contribution in [0.1, 0.15) is 55.0 Å². The molecule has 1 saturated heterocycles. The number of rotatable bonds is 6. The molecule has 0 bridgehead atoms. The van der Waals surface area contributed by atoms with E-state index in [9.17, 15) is 9.59 Å². The SMILES string of the molecule is CCCC(C)NC(=O)C1CCCN(C(=O)c2csc(CN)n2)C1. The first kappa shape index (κ1) is 17.9. The standard InChI is InChI=1S/C16H26N4O2S/c1-3-5-11(2)18-15(21)12-6-4-7-20(9-12)16(22)13-10-23-14(8-17)19-13/h10-12H,3-9,17H2,1-2H3,(H,18,21). The van der Waals surface area contributed by atoms with E-state index in [1.807, 2.05) is 6.92 Å². The molecule has 0 spiro atoms. The Morgan fingerprint density at radius 3 is 3.00 bits per heavy atom. The molecule has 2 atom stereocenters. The molecule has 7 heteroatoms. The molecule has 0 aromatic carbocycles. The molecule has 1 aliphatic rings. The van der Waals surface area contributed by atoms with Crippen molar-refractivity contribution in [1.82, 2.24) is 15.2 Å². The Morgan fingerprint density at radius 2 is 2.35 bits per heavy atom. The Bertz CT molecular complexity index is 546. The van der Waals surface area contributed by atoms with E-state index in [2.05, 4.69) is 17.2 Å². The van der Waals surface area contributed by atoms with Gasteiger partial charge in [-0.2, -0.15) is 0 Å². The number of aromatic nitrogens is 1. The first-order valence-corrected chi connectivity index (χ1v) is 9.17. The van der Waals surface area contributed by atoms with Gasteiger partial charge in [-0.1, -0.05) is 13.3 Å². The van der Waals surface area contributed by atoms with Gasteiger partial charge in [0.15, 0.2) is 0 Å². The minimum absolute atomic E-state index is 0.0596. The summed E-state index contributed by atoms with van der Waals surface area (Å²) in [5.41, 5.74) is 5.99. The number of piperidine rings is 1. The van der Waals surface area contributed by atoms with E-state index in [1.54, 1.807) is 10.3 Å². The lowest BCUT2D eigenvalue weighted by Gasteiger charge is -2.32. The van der Waals surface area contributed by atoms with Crippen molar-refractivity contribution in [3.8, 4) is 0 Å². The number of hydrogen-bond acceptors (Lipinski definition) is 5. The summed E-state index contributed by atoms with van der Waals surface area (Å²) in [6, 6.07) is 0.184. The zero-order valence-electron chi connectivity index (χ0n) is 13.9. The topological polar surface area (TPSA) is 88.3 Å². The van der Waals surface area contributed by atoms with Crippen molar-refractivity contribution in [3.05, 3.63) is 16.1 Å². The highest BCUT2D eigenvalue weighted by Crippen LogP contribution is 2.20. The summed E-state index contributed by atoms with van der Waals surface area (Å²) in [5, 5.41) is 5.56. The van der Waals surface area contributed by atoms with E-state index >= 15 is 0 Å². The Hall–Kier alpha value is -1.47. The second kappa shape index (κ2) is 8.40. The lowest BCUT2D eigenvalue weighted by molar-refractivity contribution is -0.127. The number of nitrogens with one attached hydrogen (secondary N) is 1. The smallest absolute Gasteiger partial charge is 0.273 e. The highest BCUT2D eigenvalue weighted by Gasteiger charge is 2.30. The van der Waals surface area contributed by atoms with Crippen LogP contribution in [0.25, 0.3) is 0 Å². The van der Waals surface area contributed by atoms with E-state index in [-0.39, 0.29) is 23.8 Å². The summed E-state index contributed by atoms with van der Waals surface area (Å²) in [5.74, 6) is -0.163. The van der Waals surface area contributed by atoms with Gasteiger partial charge in [0.05, 0.1) is 5.92 Å². The van der Waals surface area contributed by atoms with Crippen LogP contribution in [-0.2, 0) is 11.3 Å². The number of hydrogen-bond donors (Lipinski definition) is 2. The van der Waals surface area contributed by atoms with Crippen molar-refractivity contribution in [2.24, 2.45) is 11.7 Å². The van der Waals surface area contributed by atoms with Crippen LogP contribution in [0, 0.1) is 5.92 Å².